The SMILES string of the molecule is CCC(CNC1CCOC(C)(C)C1)NC(=O)OC(C)(C)C. The summed E-state index contributed by atoms with van der Waals surface area (Å²) in [6.45, 7) is 13.5. The average Bonchev–Trinajstić information content (AvgIpc) is 2.31. The summed E-state index contributed by atoms with van der Waals surface area (Å²) in [5.41, 5.74) is -0.517. The summed E-state index contributed by atoms with van der Waals surface area (Å²) in [6.07, 6.45) is 2.55. The van der Waals surface area contributed by atoms with Gasteiger partial charge in [0.15, 0.2) is 0 Å². The van der Waals surface area contributed by atoms with Crippen LogP contribution < -0.4 is 10.6 Å². The van der Waals surface area contributed by atoms with E-state index in [1.807, 2.05) is 20.8 Å². The van der Waals surface area contributed by atoms with E-state index in [4.69, 9.17) is 9.47 Å². The molecule has 0 aromatic rings. The van der Waals surface area contributed by atoms with Crippen LogP contribution in [0.2, 0.25) is 0 Å². The highest BCUT2D eigenvalue weighted by molar-refractivity contribution is 5.68. The van der Waals surface area contributed by atoms with Crippen LogP contribution >= 0.6 is 0 Å². The zero-order valence-corrected chi connectivity index (χ0v) is 14.4. The number of nitrogens with one attached hydrogen (secondary N) is 2. The summed E-state index contributed by atoms with van der Waals surface area (Å²) in [5.74, 6) is 0. The molecule has 0 bridgehead atoms. The van der Waals surface area contributed by atoms with E-state index in [2.05, 4.69) is 31.4 Å². The smallest absolute Gasteiger partial charge is 0.407 e. The van der Waals surface area contributed by atoms with Crippen molar-refractivity contribution >= 4 is 6.09 Å². The molecule has 1 aliphatic heterocycles. The lowest BCUT2D eigenvalue weighted by Gasteiger charge is -2.36. The van der Waals surface area contributed by atoms with Crippen molar-refractivity contribution in [1.82, 2.24) is 10.6 Å². The lowest BCUT2D eigenvalue weighted by Crippen LogP contribution is -2.49. The van der Waals surface area contributed by atoms with Gasteiger partial charge >= 0.3 is 6.09 Å². The Morgan fingerprint density at radius 3 is 2.62 bits per heavy atom. The molecule has 5 nitrogen and oxygen atoms in total. The van der Waals surface area contributed by atoms with E-state index >= 15 is 0 Å². The standard InChI is InChI=1S/C16H32N2O3/c1-7-12(18-14(19)21-15(2,3)4)11-17-13-8-9-20-16(5,6)10-13/h12-13,17H,7-11H2,1-6H3,(H,18,19). The minimum absolute atomic E-state index is 0.0593. The van der Waals surface area contributed by atoms with Crippen LogP contribution in [0, 0.1) is 0 Å². The molecule has 1 aliphatic rings. The highest BCUT2D eigenvalue weighted by Gasteiger charge is 2.29. The van der Waals surface area contributed by atoms with Crippen molar-refractivity contribution in [1.29, 1.82) is 0 Å². The molecule has 1 heterocycles. The van der Waals surface area contributed by atoms with Gasteiger partial charge in [-0.05, 0) is 53.9 Å². The van der Waals surface area contributed by atoms with Crippen LogP contribution in [0.4, 0.5) is 4.79 Å². The van der Waals surface area contributed by atoms with Crippen molar-refractivity contribution in [2.24, 2.45) is 0 Å². The van der Waals surface area contributed by atoms with Gasteiger partial charge in [0.1, 0.15) is 5.60 Å². The first-order chi connectivity index (χ1) is 9.61. The first kappa shape index (κ1) is 18.2. The summed E-state index contributed by atoms with van der Waals surface area (Å²) < 4.78 is 11.0. The molecule has 1 saturated heterocycles. The normalized spacial score (nSPS) is 23.4. The number of carbonyl (C=O) groups excluding carboxylic acids is 1. The van der Waals surface area contributed by atoms with Gasteiger partial charge in [-0.2, -0.15) is 0 Å². The van der Waals surface area contributed by atoms with E-state index in [0.717, 1.165) is 32.4 Å². The Bertz CT molecular complexity index is 337. The maximum absolute atomic E-state index is 11.8. The van der Waals surface area contributed by atoms with Gasteiger partial charge in [-0.3, -0.25) is 0 Å². The lowest BCUT2D eigenvalue weighted by atomic mass is 9.94. The van der Waals surface area contributed by atoms with Gasteiger partial charge in [0, 0.05) is 25.2 Å². The Morgan fingerprint density at radius 2 is 2.10 bits per heavy atom. The van der Waals surface area contributed by atoms with E-state index in [9.17, 15) is 4.79 Å². The molecule has 0 radical (unpaired) electrons. The van der Waals surface area contributed by atoms with Crippen LogP contribution in [-0.2, 0) is 9.47 Å². The second kappa shape index (κ2) is 7.45. The Morgan fingerprint density at radius 1 is 1.43 bits per heavy atom. The molecule has 2 unspecified atom stereocenters. The zero-order chi connectivity index (χ0) is 16.1. The van der Waals surface area contributed by atoms with Crippen molar-refractivity contribution in [3.8, 4) is 0 Å². The van der Waals surface area contributed by atoms with Crippen LogP contribution in [0.25, 0.3) is 0 Å². The van der Waals surface area contributed by atoms with Gasteiger partial charge in [0.05, 0.1) is 5.60 Å². The molecule has 1 amide bonds. The fraction of sp³-hybridized carbons (Fsp3) is 0.938. The van der Waals surface area contributed by atoms with Crippen molar-refractivity contribution < 1.29 is 14.3 Å². The van der Waals surface area contributed by atoms with Gasteiger partial charge < -0.3 is 20.1 Å². The highest BCUT2D eigenvalue weighted by atomic mass is 16.6. The fourth-order valence-corrected chi connectivity index (χ4v) is 2.49. The average molecular weight is 300 g/mol. The summed E-state index contributed by atoms with van der Waals surface area (Å²) in [7, 11) is 0. The third-order valence-corrected chi connectivity index (χ3v) is 3.56. The summed E-state index contributed by atoms with van der Waals surface area (Å²) in [6, 6.07) is 0.536. The molecule has 21 heavy (non-hydrogen) atoms. The number of rotatable bonds is 5. The maximum atomic E-state index is 11.8. The van der Waals surface area contributed by atoms with Crippen LogP contribution in [0.1, 0.15) is 60.8 Å². The Labute approximate surface area is 129 Å². The van der Waals surface area contributed by atoms with Gasteiger partial charge in [0.2, 0.25) is 0 Å². The van der Waals surface area contributed by atoms with E-state index in [-0.39, 0.29) is 17.7 Å². The Kier molecular flexibility index (Phi) is 6.47. The van der Waals surface area contributed by atoms with Crippen molar-refractivity contribution in [3.05, 3.63) is 0 Å². The molecule has 0 aromatic carbocycles. The highest BCUT2D eigenvalue weighted by Crippen LogP contribution is 2.23. The summed E-state index contributed by atoms with van der Waals surface area (Å²) in [4.78, 5) is 11.8. The Hall–Kier alpha value is -0.810. The first-order valence-corrected chi connectivity index (χ1v) is 7.98. The molecule has 5 heteroatoms. The predicted octanol–water partition coefficient (Wildman–Crippen LogP) is 2.84. The molecule has 0 aliphatic carbocycles. The molecule has 0 saturated carbocycles. The topological polar surface area (TPSA) is 59.6 Å². The second-order valence-corrected chi connectivity index (χ2v) is 7.46. The number of ether oxygens (including phenoxy) is 2. The van der Waals surface area contributed by atoms with E-state index in [0.29, 0.717) is 6.04 Å². The number of alkyl carbamates (subject to hydrolysis) is 1. The van der Waals surface area contributed by atoms with Crippen LogP contribution in [0.5, 0.6) is 0 Å². The monoisotopic (exact) mass is 300 g/mol. The van der Waals surface area contributed by atoms with Crippen molar-refractivity contribution in [3.63, 3.8) is 0 Å². The van der Waals surface area contributed by atoms with Gasteiger partial charge in [0.25, 0.3) is 0 Å². The number of carbonyl (C=O) groups is 1. The summed E-state index contributed by atoms with van der Waals surface area (Å²) >= 11 is 0. The van der Waals surface area contributed by atoms with Gasteiger partial charge in [-0.1, -0.05) is 6.92 Å². The second-order valence-electron chi connectivity index (χ2n) is 7.46. The van der Waals surface area contributed by atoms with Gasteiger partial charge in [-0.25, -0.2) is 4.79 Å². The molecule has 1 rings (SSSR count). The quantitative estimate of drug-likeness (QED) is 0.819. The van der Waals surface area contributed by atoms with Crippen LogP contribution in [-0.4, -0.2) is 42.5 Å². The van der Waals surface area contributed by atoms with E-state index < -0.39 is 5.60 Å². The zero-order valence-electron chi connectivity index (χ0n) is 14.4. The molecule has 2 atom stereocenters. The number of amides is 1. The molecule has 0 aromatic heterocycles. The van der Waals surface area contributed by atoms with Crippen LogP contribution in [0.15, 0.2) is 0 Å². The minimum atomic E-state index is -0.458. The van der Waals surface area contributed by atoms with Crippen LogP contribution in [0.3, 0.4) is 0 Å². The minimum Gasteiger partial charge on any atom is -0.444 e. The van der Waals surface area contributed by atoms with E-state index in [1.54, 1.807) is 0 Å². The third-order valence-electron chi connectivity index (χ3n) is 3.56. The fourth-order valence-electron chi connectivity index (χ4n) is 2.49. The molecule has 0 spiro atoms. The predicted molar refractivity (Wildman–Crippen MR) is 84.5 cm³/mol. The van der Waals surface area contributed by atoms with Crippen molar-refractivity contribution in [2.45, 2.75) is 84.1 Å². The molecule has 2 N–H and O–H groups in total. The molecular formula is C16H32N2O3. The van der Waals surface area contributed by atoms with E-state index in [1.165, 1.54) is 0 Å². The number of hydrogen-bond acceptors (Lipinski definition) is 4. The molecule has 1 fully saturated rings. The van der Waals surface area contributed by atoms with Crippen molar-refractivity contribution in [2.75, 3.05) is 13.2 Å². The lowest BCUT2D eigenvalue weighted by molar-refractivity contribution is -0.0630. The molecule has 124 valence electrons. The summed E-state index contributed by atoms with van der Waals surface area (Å²) in [5, 5.41) is 6.47. The largest absolute Gasteiger partial charge is 0.444 e. The first-order valence-electron chi connectivity index (χ1n) is 7.98. The maximum Gasteiger partial charge on any atom is 0.407 e. The Balaban J connectivity index is 2.35. The number of hydrogen-bond donors (Lipinski definition) is 2. The molecular weight excluding hydrogens is 268 g/mol. The third kappa shape index (κ3) is 7.67. The van der Waals surface area contributed by atoms with Gasteiger partial charge in [-0.15, -0.1) is 0 Å².